The Bertz CT molecular complexity index is 472. The molecule has 22 heavy (non-hydrogen) atoms. The molecule has 3 nitrogen and oxygen atoms in total. The molecule has 117 valence electrons. The molecule has 0 fully saturated rings. The summed E-state index contributed by atoms with van der Waals surface area (Å²) in [7, 11) is 4.12. The van der Waals surface area contributed by atoms with Gasteiger partial charge in [-0.05, 0) is 25.2 Å². The first-order valence-corrected chi connectivity index (χ1v) is 7.34. The molecule has 0 amide bonds. The van der Waals surface area contributed by atoms with Crippen LogP contribution in [0.1, 0.15) is 24.2 Å². The second-order valence-electron chi connectivity index (χ2n) is 5.08. The highest BCUT2D eigenvalue weighted by Gasteiger charge is 2.13. The Morgan fingerprint density at radius 3 is 1.73 bits per heavy atom. The Hall–Kier alpha value is -1.97. The fourth-order valence-corrected chi connectivity index (χ4v) is 1.99. The predicted octanol–water partition coefficient (Wildman–Crippen LogP) is 3.47. The summed E-state index contributed by atoms with van der Waals surface area (Å²) in [5, 5.41) is 0. The van der Waals surface area contributed by atoms with Gasteiger partial charge in [0.25, 0.3) is 0 Å². The minimum Gasteiger partial charge on any atom is -0.367 e. The molecule has 0 aliphatic carbocycles. The minimum absolute atomic E-state index is 0.0161. The van der Waals surface area contributed by atoms with Crippen LogP contribution in [-0.4, -0.2) is 38.4 Å². The van der Waals surface area contributed by atoms with Crippen LogP contribution in [0.2, 0.25) is 0 Å². The van der Waals surface area contributed by atoms with E-state index in [9.17, 15) is 0 Å². The van der Waals surface area contributed by atoms with Crippen molar-refractivity contribution in [3.63, 3.8) is 0 Å². The van der Waals surface area contributed by atoms with Crippen LogP contribution in [0.4, 0.5) is 0 Å². The Balaban J connectivity index is 0.000000745. The van der Waals surface area contributed by atoms with Crippen molar-refractivity contribution in [2.24, 2.45) is 0 Å². The Morgan fingerprint density at radius 1 is 0.955 bits per heavy atom. The maximum absolute atomic E-state index is 8.68. The standard InChI is InChI=1S/C17H21NO.C2H3O/c1-18(2)13-14-19-17(15-9-5-3-6-10-15)16-11-7-4-8-12-16;1-2-3/h3-12,17H,13-14H2,1-2H3;1H3. The number of carbonyl (C=O) groups excluding carboxylic acids is 1. The number of ether oxygens (including phenoxy) is 1. The van der Waals surface area contributed by atoms with Gasteiger partial charge in [-0.2, -0.15) is 0 Å². The largest absolute Gasteiger partial charge is 0.367 e. The molecule has 2 aromatic carbocycles. The summed E-state index contributed by atoms with van der Waals surface area (Å²) in [6, 6.07) is 20.8. The highest BCUT2D eigenvalue weighted by Crippen LogP contribution is 2.25. The number of benzene rings is 2. The second-order valence-corrected chi connectivity index (χ2v) is 5.08. The normalized spacial score (nSPS) is 10.2. The average molecular weight is 298 g/mol. The lowest BCUT2D eigenvalue weighted by Crippen LogP contribution is -2.20. The molecule has 0 aliphatic heterocycles. The summed E-state index contributed by atoms with van der Waals surface area (Å²) in [5.41, 5.74) is 2.40. The van der Waals surface area contributed by atoms with Crippen LogP contribution in [-0.2, 0) is 9.53 Å². The zero-order valence-corrected chi connectivity index (χ0v) is 13.5. The molecule has 0 unspecified atom stereocenters. The molecule has 0 aliphatic rings. The third kappa shape index (κ3) is 6.66. The van der Waals surface area contributed by atoms with E-state index in [1.165, 1.54) is 24.3 Å². The third-order valence-corrected chi connectivity index (χ3v) is 3.03. The van der Waals surface area contributed by atoms with Crippen molar-refractivity contribution < 1.29 is 9.53 Å². The van der Waals surface area contributed by atoms with E-state index in [0.29, 0.717) is 0 Å². The first-order valence-electron chi connectivity index (χ1n) is 7.34. The van der Waals surface area contributed by atoms with Crippen molar-refractivity contribution in [3.8, 4) is 0 Å². The predicted molar refractivity (Wildman–Crippen MR) is 90.6 cm³/mol. The van der Waals surface area contributed by atoms with Gasteiger partial charge in [-0.25, -0.2) is 0 Å². The maximum Gasteiger partial charge on any atom is 0.195 e. The van der Waals surface area contributed by atoms with E-state index >= 15 is 0 Å². The number of hydrogen-bond acceptors (Lipinski definition) is 3. The van der Waals surface area contributed by atoms with Crippen LogP contribution in [0, 0.1) is 0 Å². The van der Waals surface area contributed by atoms with Crippen molar-refractivity contribution in [3.05, 3.63) is 71.8 Å². The van der Waals surface area contributed by atoms with E-state index in [0.717, 1.165) is 13.2 Å². The number of hydrogen-bond donors (Lipinski definition) is 0. The summed E-state index contributed by atoms with van der Waals surface area (Å²) in [5.74, 6) is 0. The average Bonchev–Trinajstić information content (AvgIpc) is 2.54. The Morgan fingerprint density at radius 2 is 1.36 bits per heavy atom. The molecule has 0 saturated carbocycles. The van der Waals surface area contributed by atoms with Gasteiger partial charge in [-0.1, -0.05) is 60.7 Å². The van der Waals surface area contributed by atoms with E-state index in [2.05, 4.69) is 67.5 Å². The first kappa shape index (κ1) is 18.1. The smallest absolute Gasteiger partial charge is 0.195 e. The van der Waals surface area contributed by atoms with Gasteiger partial charge in [0.05, 0.1) is 6.61 Å². The summed E-state index contributed by atoms with van der Waals surface area (Å²) >= 11 is 0. The fourth-order valence-electron chi connectivity index (χ4n) is 1.99. The maximum atomic E-state index is 8.68. The van der Waals surface area contributed by atoms with Gasteiger partial charge in [0.1, 0.15) is 6.10 Å². The van der Waals surface area contributed by atoms with Gasteiger partial charge in [0.15, 0.2) is 6.29 Å². The highest BCUT2D eigenvalue weighted by molar-refractivity contribution is 5.45. The van der Waals surface area contributed by atoms with Crippen molar-refractivity contribution in [1.82, 2.24) is 4.90 Å². The van der Waals surface area contributed by atoms with E-state index in [4.69, 9.17) is 9.53 Å². The monoisotopic (exact) mass is 298 g/mol. The Labute approximate surface area is 133 Å². The van der Waals surface area contributed by atoms with Crippen LogP contribution in [0.15, 0.2) is 60.7 Å². The van der Waals surface area contributed by atoms with Gasteiger partial charge in [-0.3, -0.25) is 4.79 Å². The van der Waals surface area contributed by atoms with Crippen molar-refractivity contribution in [1.29, 1.82) is 0 Å². The van der Waals surface area contributed by atoms with Crippen molar-refractivity contribution >= 4 is 6.29 Å². The summed E-state index contributed by atoms with van der Waals surface area (Å²) in [6.45, 7) is 2.97. The number of nitrogens with zero attached hydrogens (tertiary/aromatic N) is 1. The first-order chi connectivity index (χ1) is 10.7. The quantitative estimate of drug-likeness (QED) is 0.818. The summed E-state index contributed by atoms with van der Waals surface area (Å²) < 4.78 is 6.08. The SMILES string of the molecule is CN(C)CCOC(c1ccccc1)c1ccccc1.C[C]=O. The number of likely N-dealkylation sites (N-methyl/N-ethyl adjacent to an activating group) is 1. The molecule has 0 N–H and O–H groups in total. The molecule has 0 atom stereocenters. The van der Waals surface area contributed by atoms with Gasteiger partial charge in [0, 0.05) is 13.5 Å². The van der Waals surface area contributed by atoms with Gasteiger partial charge in [0.2, 0.25) is 0 Å². The lowest BCUT2D eigenvalue weighted by molar-refractivity contribution is 0.0687. The van der Waals surface area contributed by atoms with Gasteiger partial charge < -0.3 is 9.64 Å². The Kier molecular flexibility index (Phi) is 8.80. The van der Waals surface area contributed by atoms with E-state index < -0.39 is 0 Å². The zero-order chi connectivity index (χ0) is 16.2. The van der Waals surface area contributed by atoms with Crippen LogP contribution < -0.4 is 0 Å². The molecule has 0 heterocycles. The zero-order valence-electron chi connectivity index (χ0n) is 13.5. The van der Waals surface area contributed by atoms with E-state index in [1.54, 1.807) is 0 Å². The summed E-state index contributed by atoms with van der Waals surface area (Å²) in [4.78, 5) is 10.8. The molecule has 0 spiro atoms. The molecular formula is C19H24NO2. The highest BCUT2D eigenvalue weighted by atomic mass is 16.5. The number of rotatable bonds is 6. The molecule has 3 heteroatoms. The van der Waals surface area contributed by atoms with Crippen LogP contribution >= 0.6 is 0 Å². The van der Waals surface area contributed by atoms with Crippen LogP contribution in [0.5, 0.6) is 0 Å². The van der Waals surface area contributed by atoms with Crippen molar-refractivity contribution in [2.75, 3.05) is 27.2 Å². The van der Waals surface area contributed by atoms with E-state index in [-0.39, 0.29) is 6.10 Å². The minimum atomic E-state index is 0.0161. The molecule has 2 rings (SSSR count). The molecule has 0 aromatic heterocycles. The van der Waals surface area contributed by atoms with Crippen LogP contribution in [0.3, 0.4) is 0 Å². The van der Waals surface area contributed by atoms with Gasteiger partial charge in [-0.15, -0.1) is 0 Å². The molecule has 2 aromatic rings. The second kappa shape index (κ2) is 10.7. The van der Waals surface area contributed by atoms with Crippen LogP contribution in [0.25, 0.3) is 0 Å². The topological polar surface area (TPSA) is 29.5 Å². The fraction of sp³-hybridized carbons (Fsp3) is 0.316. The molecule has 1 radical (unpaired) electrons. The summed E-state index contributed by atoms with van der Waals surface area (Å²) in [6.07, 6.45) is 1.52. The lowest BCUT2D eigenvalue weighted by atomic mass is 10.0. The lowest BCUT2D eigenvalue weighted by Gasteiger charge is -2.20. The molecular weight excluding hydrogens is 274 g/mol. The molecule has 0 saturated heterocycles. The van der Waals surface area contributed by atoms with Gasteiger partial charge >= 0.3 is 0 Å². The van der Waals surface area contributed by atoms with Crippen molar-refractivity contribution in [2.45, 2.75) is 13.0 Å². The molecule has 0 bridgehead atoms. The third-order valence-electron chi connectivity index (χ3n) is 3.03. The van der Waals surface area contributed by atoms with E-state index in [1.807, 2.05) is 12.1 Å².